The summed E-state index contributed by atoms with van der Waals surface area (Å²) in [5.74, 6) is -0.377. The van der Waals surface area contributed by atoms with Gasteiger partial charge in [0, 0.05) is 36.2 Å². The van der Waals surface area contributed by atoms with E-state index in [9.17, 15) is 9.59 Å². The molecule has 1 aliphatic rings. The highest BCUT2D eigenvalue weighted by atomic mass is 35.5. The quantitative estimate of drug-likeness (QED) is 0.228. The van der Waals surface area contributed by atoms with Crippen LogP contribution >= 0.6 is 34.5 Å². The lowest BCUT2D eigenvalue weighted by molar-refractivity contribution is -0.141. The maximum Gasteiger partial charge on any atom is 0.245 e. The minimum atomic E-state index is -0.858. The Morgan fingerprint density at radius 2 is 1.89 bits per heavy atom. The van der Waals surface area contributed by atoms with E-state index in [2.05, 4.69) is 11.4 Å². The molecule has 190 valence electrons. The molecule has 0 N–H and O–H groups in total. The van der Waals surface area contributed by atoms with Crippen molar-refractivity contribution in [2.75, 3.05) is 32.8 Å². The van der Waals surface area contributed by atoms with Crippen LogP contribution < -0.4 is 0 Å². The topological polar surface area (TPSA) is 49.9 Å². The third-order valence-electron chi connectivity index (χ3n) is 6.34. The standard InChI is InChI=1S/C28H30Cl2N2O3S/c1-2-35-17-6-15-31(28(34)26(30)20-7-4-3-5-8-20)19-25(33)32-16-13-24-23(14-18-36-24)27(32)21-9-11-22(29)12-10-21/h3-5,7-12,14,18,26-27H,2,6,13,15-17,19H2,1H3. The molecule has 2 atom stereocenters. The average Bonchev–Trinajstić information content (AvgIpc) is 3.39. The first kappa shape index (κ1) is 26.7. The van der Waals surface area contributed by atoms with Crippen molar-refractivity contribution in [1.29, 1.82) is 0 Å². The Hall–Kier alpha value is -2.38. The summed E-state index contributed by atoms with van der Waals surface area (Å²) in [6.07, 6.45) is 1.42. The minimum Gasteiger partial charge on any atom is -0.382 e. The molecule has 36 heavy (non-hydrogen) atoms. The number of ether oxygens (including phenoxy) is 1. The molecule has 2 amide bonds. The molecular weight excluding hydrogens is 515 g/mol. The smallest absolute Gasteiger partial charge is 0.245 e. The third-order valence-corrected chi connectivity index (χ3v) is 8.03. The number of hydrogen-bond donors (Lipinski definition) is 0. The van der Waals surface area contributed by atoms with E-state index >= 15 is 0 Å². The van der Waals surface area contributed by atoms with Crippen molar-refractivity contribution in [1.82, 2.24) is 9.80 Å². The maximum absolute atomic E-state index is 13.8. The fourth-order valence-electron chi connectivity index (χ4n) is 4.54. The molecule has 0 saturated carbocycles. The van der Waals surface area contributed by atoms with Crippen LogP contribution in [0.5, 0.6) is 0 Å². The van der Waals surface area contributed by atoms with Crippen LogP contribution in [0, 0.1) is 0 Å². The molecule has 4 rings (SSSR count). The number of thiophene rings is 1. The minimum absolute atomic E-state index is 0.0371. The van der Waals surface area contributed by atoms with Gasteiger partial charge in [-0.1, -0.05) is 54.1 Å². The monoisotopic (exact) mass is 544 g/mol. The Morgan fingerprint density at radius 1 is 1.14 bits per heavy atom. The Morgan fingerprint density at radius 3 is 2.61 bits per heavy atom. The van der Waals surface area contributed by atoms with Crippen LogP contribution in [0.25, 0.3) is 0 Å². The highest BCUT2D eigenvalue weighted by Crippen LogP contribution is 2.38. The molecule has 2 aromatic carbocycles. The molecule has 3 aromatic rings. The molecule has 0 saturated heterocycles. The summed E-state index contributed by atoms with van der Waals surface area (Å²) >= 11 is 14.4. The predicted octanol–water partition coefficient (Wildman–Crippen LogP) is 6.11. The number of fused-ring (bicyclic) bond motifs is 1. The zero-order chi connectivity index (χ0) is 25.5. The summed E-state index contributed by atoms with van der Waals surface area (Å²) in [6.45, 7) is 4.00. The molecule has 1 aliphatic heterocycles. The molecule has 0 radical (unpaired) electrons. The van der Waals surface area contributed by atoms with Gasteiger partial charge in [-0.15, -0.1) is 22.9 Å². The number of halogens is 2. The van der Waals surface area contributed by atoms with Gasteiger partial charge in [-0.05, 0) is 60.0 Å². The van der Waals surface area contributed by atoms with Crippen molar-refractivity contribution >= 4 is 46.4 Å². The average molecular weight is 546 g/mol. The summed E-state index contributed by atoms with van der Waals surface area (Å²) in [7, 11) is 0. The van der Waals surface area contributed by atoms with Crippen molar-refractivity contribution in [3.8, 4) is 0 Å². The number of hydrogen-bond acceptors (Lipinski definition) is 4. The molecule has 8 heteroatoms. The zero-order valence-corrected chi connectivity index (χ0v) is 22.6. The molecule has 0 fully saturated rings. The van der Waals surface area contributed by atoms with Gasteiger partial charge in [-0.3, -0.25) is 9.59 Å². The lowest BCUT2D eigenvalue weighted by Gasteiger charge is -2.38. The van der Waals surface area contributed by atoms with E-state index in [4.69, 9.17) is 27.9 Å². The number of rotatable bonds is 10. The molecule has 2 heterocycles. The van der Waals surface area contributed by atoms with Gasteiger partial charge in [-0.2, -0.15) is 0 Å². The predicted molar refractivity (Wildman–Crippen MR) is 146 cm³/mol. The number of nitrogens with zero attached hydrogens (tertiary/aromatic N) is 2. The molecular formula is C28H30Cl2N2O3S. The Kier molecular flexibility index (Phi) is 9.43. The molecule has 2 unspecified atom stereocenters. The first-order valence-electron chi connectivity index (χ1n) is 12.2. The van der Waals surface area contributed by atoms with E-state index in [0.717, 1.165) is 17.5 Å². The first-order chi connectivity index (χ1) is 17.5. The fraction of sp³-hybridized carbons (Fsp3) is 0.357. The zero-order valence-electron chi connectivity index (χ0n) is 20.2. The van der Waals surface area contributed by atoms with Crippen LogP contribution in [0.1, 0.15) is 46.3 Å². The van der Waals surface area contributed by atoms with E-state index in [1.807, 2.05) is 66.4 Å². The van der Waals surface area contributed by atoms with E-state index in [-0.39, 0.29) is 24.4 Å². The second-order valence-corrected chi connectivity index (χ2v) is 10.5. The van der Waals surface area contributed by atoms with Gasteiger partial charge in [0.05, 0.1) is 12.6 Å². The normalized spacial score (nSPS) is 15.9. The van der Waals surface area contributed by atoms with Crippen LogP contribution in [-0.4, -0.2) is 54.5 Å². The van der Waals surface area contributed by atoms with Crippen LogP contribution in [0.3, 0.4) is 0 Å². The molecule has 0 aliphatic carbocycles. The fourth-order valence-corrected chi connectivity index (χ4v) is 5.85. The van der Waals surface area contributed by atoms with Crippen molar-refractivity contribution in [3.63, 3.8) is 0 Å². The van der Waals surface area contributed by atoms with Gasteiger partial charge < -0.3 is 14.5 Å². The van der Waals surface area contributed by atoms with Gasteiger partial charge >= 0.3 is 0 Å². The Balaban J connectivity index is 1.56. The van der Waals surface area contributed by atoms with Crippen molar-refractivity contribution in [3.05, 3.63) is 92.6 Å². The second-order valence-electron chi connectivity index (χ2n) is 8.67. The molecule has 0 spiro atoms. The van der Waals surface area contributed by atoms with E-state index in [1.54, 1.807) is 16.2 Å². The highest BCUT2D eigenvalue weighted by molar-refractivity contribution is 7.10. The van der Waals surface area contributed by atoms with Crippen LogP contribution in [0.4, 0.5) is 0 Å². The van der Waals surface area contributed by atoms with Gasteiger partial charge in [0.1, 0.15) is 5.38 Å². The number of benzene rings is 2. The molecule has 5 nitrogen and oxygen atoms in total. The van der Waals surface area contributed by atoms with Crippen LogP contribution in [0.15, 0.2) is 66.0 Å². The van der Waals surface area contributed by atoms with Crippen molar-refractivity contribution < 1.29 is 14.3 Å². The largest absolute Gasteiger partial charge is 0.382 e. The van der Waals surface area contributed by atoms with E-state index < -0.39 is 5.38 Å². The third kappa shape index (κ3) is 6.30. The van der Waals surface area contributed by atoms with Crippen LogP contribution in [0.2, 0.25) is 5.02 Å². The maximum atomic E-state index is 13.8. The summed E-state index contributed by atoms with van der Waals surface area (Å²) in [6, 6.07) is 18.8. The summed E-state index contributed by atoms with van der Waals surface area (Å²) in [4.78, 5) is 32.0. The summed E-state index contributed by atoms with van der Waals surface area (Å²) in [5.41, 5.74) is 2.85. The highest BCUT2D eigenvalue weighted by Gasteiger charge is 2.34. The number of carbonyl (C=O) groups is 2. The number of alkyl halides is 1. The van der Waals surface area contributed by atoms with E-state index in [0.29, 0.717) is 43.3 Å². The molecule has 0 bridgehead atoms. The van der Waals surface area contributed by atoms with Crippen molar-refractivity contribution in [2.24, 2.45) is 0 Å². The number of carbonyl (C=O) groups excluding carboxylic acids is 2. The van der Waals surface area contributed by atoms with Crippen molar-refractivity contribution in [2.45, 2.75) is 31.2 Å². The van der Waals surface area contributed by atoms with Crippen LogP contribution in [-0.2, 0) is 20.7 Å². The lowest BCUT2D eigenvalue weighted by Crippen LogP contribution is -2.47. The summed E-state index contributed by atoms with van der Waals surface area (Å²) in [5, 5.41) is 1.87. The molecule has 1 aromatic heterocycles. The Bertz CT molecular complexity index is 1150. The van der Waals surface area contributed by atoms with Gasteiger partial charge in [0.15, 0.2) is 0 Å². The number of amides is 2. The Labute approximate surface area is 226 Å². The van der Waals surface area contributed by atoms with Gasteiger partial charge in [-0.25, -0.2) is 0 Å². The first-order valence-corrected chi connectivity index (χ1v) is 13.9. The lowest BCUT2D eigenvalue weighted by atomic mass is 9.93. The van der Waals surface area contributed by atoms with Gasteiger partial charge in [0.25, 0.3) is 0 Å². The SMILES string of the molecule is CCOCCCN(CC(=O)N1CCc2sccc2C1c1ccc(Cl)cc1)C(=O)C(Cl)c1ccccc1. The second kappa shape index (κ2) is 12.7. The van der Waals surface area contributed by atoms with E-state index in [1.165, 1.54) is 4.88 Å². The summed E-state index contributed by atoms with van der Waals surface area (Å²) < 4.78 is 5.47. The van der Waals surface area contributed by atoms with Gasteiger partial charge in [0.2, 0.25) is 11.8 Å².